The first-order valence-corrected chi connectivity index (χ1v) is 3.63. The van der Waals surface area contributed by atoms with Crippen molar-refractivity contribution in [2.24, 2.45) is 9.98 Å². The lowest BCUT2D eigenvalue weighted by Crippen LogP contribution is -2.09. The summed E-state index contributed by atoms with van der Waals surface area (Å²) < 4.78 is 0. The molecule has 0 N–H and O–H groups in total. The van der Waals surface area contributed by atoms with Gasteiger partial charge in [-0.2, -0.15) is 0 Å². The largest absolute Gasteiger partial charge is 0.293 e. The number of rotatable bonds is 0. The standard InChI is InChI=1S/C8H10N2/c1-3-9-5-8-6-10-4-2-7(1)8/h3-4H,1-2,5-6H2. The summed E-state index contributed by atoms with van der Waals surface area (Å²) in [4.78, 5) is 8.41. The van der Waals surface area contributed by atoms with Crippen LogP contribution in [0.15, 0.2) is 21.1 Å². The molecule has 10 heavy (non-hydrogen) atoms. The van der Waals surface area contributed by atoms with E-state index >= 15 is 0 Å². The Hall–Kier alpha value is -0.920. The Balaban J connectivity index is 2.19. The van der Waals surface area contributed by atoms with Crippen LogP contribution in [0.25, 0.3) is 0 Å². The van der Waals surface area contributed by atoms with E-state index in [0.29, 0.717) is 0 Å². The second kappa shape index (κ2) is 2.37. The third-order valence-electron chi connectivity index (χ3n) is 2.00. The first-order valence-electron chi connectivity index (χ1n) is 3.63. The molecule has 0 atom stereocenters. The molecule has 2 rings (SSSR count). The van der Waals surface area contributed by atoms with Crippen LogP contribution >= 0.6 is 0 Å². The van der Waals surface area contributed by atoms with E-state index < -0.39 is 0 Å². The minimum absolute atomic E-state index is 0.896. The van der Waals surface area contributed by atoms with Crippen LogP contribution in [-0.4, -0.2) is 25.5 Å². The highest BCUT2D eigenvalue weighted by atomic mass is 14.8. The molecular weight excluding hydrogens is 124 g/mol. The lowest BCUT2D eigenvalue weighted by molar-refractivity contribution is 0.928. The minimum atomic E-state index is 0.896. The van der Waals surface area contributed by atoms with Gasteiger partial charge in [-0.15, -0.1) is 0 Å². The zero-order valence-corrected chi connectivity index (χ0v) is 5.88. The van der Waals surface area contributed by atoms with Crippen LogP contribution in [-0.2, 0) is 0 Å². The fraction of sp³-hybridized carbons (Fsp3) is 0.500. The Labute approximate surface area is 60.4 Å². The van der Waals surface area contributed by atoms with Gasteiger partial charge in [0.1, 0.15) is 0 Å². The molecule has 0 aromatic heterocycles. The van der Waals surface area contributed by atoms with Crippen molar-refractivity contribution in [3.63, 3.8) is 0 Å². The molecule has 0 aliphatic carbocycles. The summed E-state index contributed by atoms with van der Waals surface area (Å²) in [5.74, 6) is 0. The molecule has 0 fully saturated rings. The molecule has 2 heteroatoms. The maximum atomic E-state index is 4.20. The van der Waals surface area contributed by atoms with Crippen LogP contribution in [0.3, 0.4) is 0 Å². The summed E-state index contributed by atoms with van der Waals surface area (Å²) in [6.45, 7) is 1.79. The first-order chi connectivity index (χ1) is 4.97. The number of dihydropyridines is 2. The van der Waals surface area contributed by atoms with Gasteiger partial charge in [0.25, 0.3) is 0 Å². The number of hydrogen-bond acceptors (Lipinski definition) is 2. The molecule has 2 aliphatic heterocycles. The molecular formula is C8H10N2. The van der Waals surface area contributed by atoms with Crippen molar-refractivity contribution in [3.05, 3.63) is 11.1 Å². The topological polar surface area (TPSA) is 24.7 Å². The van der Waals surface area contributed by atoms with Crippen molar-refractivity contribution in [1.82, 2.24) is 0 Å². The first kappa shape index (κ1) is 5.83. The van der Waals surface area contributed by atoms with E-state index in [-0.39, 0.29) is 0 Å². The van der Waals surface area contributed by atoms with Crippen molar-refractivity contribution in [2.45, 2.75) is 12.8 Å². The highest BCUT2D eigenvalue weighted by Gasteiger charge is 2.10. The molecule has 0 unspecified atom stereocenters. The van der Waals surface area contributed by atoms with E-state index in [0.717, 1.165) is 25.9 Å². The van der Waals surface area contributed by atoms with Crippen LogP contribution in [0.2, 0.25) is 0 Å². The van der Waals surface area contributed by atoms with Crippen LogP contribution in [0, 0.1) is 0 Å². The van der Waals surface area contributed by atoms with Crippen LogP contribution < -0.4 is 0 Å². The van der Waals surface area contributed by atoms with Crippen molar-refractivity contribution in [2.75, 3.05) is 13.1 Å². The molecule has 0 saturated heterocycles. The summed E-state index contributed by atoms with van der Waals surface area (Å²) in [6, 6.07) is 0. The quantitative estimate of drug-likeness (QED) is 0.445. The fourth-order valence-electron chi connectivity index (χ4n) is 1.34. The number of allylic oxidation sites excluding steroid dienone is 1. The lowest BCUT2D eigenvalue weighted by atomic mass is 9.99. The Morgan fingerprint density at radius 1 is 0.900 bits per heavy atom. The third-order valence-corrected chi connectivity index (χ3v) is 2.00. The van der Waals surface area contributed by atoms with Crippen LogP contribution in [0.4, 0.5) is 0 Å². The van der Waals surface area contributed by atoms with Gasteiger partial charge in [0.2, 0.25) is 0 Å². The van der Waals surface area contributed by atoms with Crippen LogP contribution in [0.1, 0.15) is 12.8 Å². The summed E-state index contributed by atoms with van der Waals surface area (Å²) in [5.41, 5.74) is 3.00. The Morgan fingerprint density at radius 3 is 2.00 bits per heavy atom. The molecule has 0 aromatic carbocycles. The van der Waals surface area contributed by atoms with E-state index in [1.807, 2.05) is 12.4 Å². The molecule has 0 spiro atoms. The minimum Gasteiger partial charge on any atom is -0.293 e. The second-order valence-electron chi connectivity index (χ2n) is 2.66. The van der Waals surface area contributed by atoms with Gasteiger partial charge in [-0.1, -0.05) is 5.57 Å². The maximum Gasteiger partial charge on any atom is 0.0616 e. The Bertz CT molecular complexity index is 179. The fourth-order valence-corrected chi connectivity index (χ4v) is 1.34. The van der Waals surface area contributed by atoms with E-state index in [4.69, 9.17) is 0 Å². The molecule has 2 nitrogen and oxygen atoms in total. The molecule has 2 heterocycles. The van der Waals surface area contributed by atoms with E-state index in [1.54, 1.807) is 5.57 Å². The average molecular weight is 134 g/mol. The SMILES string of the molecule is C1=NCC2=C(C1)CC=NC2. The van der Waals surface area contributed by atoms with E-state index in [2.05, 4.69) is 9.98 Å². The van der Waals surface area contributed by atoms with Crippen molar-refractivity contribution < 1.29 is 0 Å². The van der Waals surface area contributed by atoms with E-state index in [1.165, 1.54) is 5.57 Å². The summed E-state index contributed by atoms with van der Waals surface area (Å²) in [6.07, 6.45) is 6.14. The average Bonchev–Trinajstić information content (AvgIpc) is 2.05. The molecule has 52 valence electrons. The summed E-state index contributed by atoms with van der Waals surface area (Å²) in [7, 11) is 0. The predicted octanol–water partition coefficient (Wildman–Crippen LogP) is 1.23. The number of hydrogen-bond donors (Lipinski definition) is 0. The van der Waals surface area contributed by atoms with Crippen molar-refractivity contribution in [3.8, 4) is 0 Å². The van der Waals surface area contributed by atoms with Crippen molar-refractivity contribution in [1.29, 1.82) is 0 Å². The van der Waals surface area contributed by atoms with Gasteiger partial charge in [0, 0.05) is 25.3 Å². The maximum absolute atomic E-state index is 4.20. The molecule has 0 radical (unpaired) electrons. The van der Waals surface area contributed by atoms with Gasteiger partial charge in [0.15, 0.2) is 0 Å². The Morgan fingerprint density at radius 2 is 1.50 bits per heavy atom. The molecule has 0 amide bonds. The molecule has 2 aliphatic rings. The third kappa shape index (κ3) is 0.897. The van der Waals surface area contributed by atoms with E-state index in [9.17, 15) is 0 Å². The number of aliphatic imine (C=N–C) groups is 2. The molecule has 0 bridgehead atoms. The highest BCUT2D eigenvalue weighted by molar-refractivity contribution is 5.71. The normalized spacial score (nSPS) is 23.2. The molecule has 0 aromatic rings. The molecule has 0 saturated carbocycles. The smallest absolute Gasteiger partial charge is 0.0616 e. The zero-order valence-electron chi connectivity index (χ0n) is 5.88. The Kier molecular flexibility index (Phi) is 1.38. The van der Waals surface area contributed by atoms with Crippen LogP contribution in [0.5, 0.6) is 0 Å². The van der Waals surface area contributed by atoms with Gasteiger partial charge < -0.3 is 0 Å². The van der Waals surface area contributed by atoms with Gasteiger partial charge in [-0.3, -0.25) is 9.98 Å². The van der Waals surface area contributed by atoms with Gasteiger partial charge in [0.05, 0.1) is 13.1 Å². The predicted molar refractivity (Wildman–Crippen MR) is 43.0 cm³/mol. The monoisotopic (exact) mass is 134 g/mol. The lowest BCUT2D eigenvalue weighted by Gasteiger charge is -2.16. The summed E-state index contributed by atoms with van der Waals surface area (Å²) >= 11 is 0. The van der Waals surface area contributed by atoms with Gasteiger partial charge in [-0.25, -0.2) is 0 Å². The summed E-state index contributed by atoms with van der Waals surface area (Å²) in [5, 5.41) is 0. The van der Waals surface area contributed by atoms with Gasteiger partial charge in [-0.05, 0) is 5.57 Å². The van der Waals surface area contributed by atoms with Crippen molar-refractivity contribution >= 4 is 12.4 Å². The number of nitrogens with zero attached hydrogens (tertiary/aromatic N) is 2. The second-order valence-corrected chi connectivity index (χ2v) is 2.66. The highest BCUT2D eigenvalue weighted by Crippen LogP contribution is 2.18. The van der Waals surface area contributed by atoms with Gasteiger partial charge >= 0.3 is 0 Å². The zero-order chi connectivity index (χ0) is 6.81.